The van der Waals surface area contributed by atoms with Gasteiger partial charge in [-0.15, -0.1) is 0 Å². The van der Waals surface area contributed by atoms with Crippen molar-refractivity contribution < 1.29 is 0 Å². The molecule has 12 heavy (non-hydrogen) atoms. The van der Waals surface area contributed by atoms with Gasteiger partial charge in [0.15, 0.2) is 4.96 Å². The van der Waals surface area contributed by atoms with Gasteiger partial charge < -0.3 is 5.73 Å². The Kier molecular flexibility index (Phi) is 2.16. The third kappa shape index (κ3) is 1.39. The lowest BCUT2D eigenvalue weighted by atomic mass is 10.3. The predicted octanol–water partition coefficient (Wildman–Crippen LogP) is 1.66. The van der Waals surface area contributed by atoms with E-state index < -0.39 is 0 Å². The molecule has 0 aliphatic heterocycles. The second-order valence-electron chi connectivity index (χ2n) is 2.50. The van der Waals surface area contributed by atoms with Gasteiger partial charge in [-0.2, -0.15) is 0 Å². The van der Waals surface area contributed by atoms with E-state index in [1.54, 1.807) is 11.3 Å². The van der Waals surface area contributed by atoms with E-state index in [0.29, 0.717) is 6.54 Å². The van der Waals surface area contributed by atoms with Crippen LogP contribution in [0.5, 0.6) is 0 Å². The van der Waals surface area contributed by atoms with Gasteiger partial charge in [-0.3, -0.25) is 4.40 Å². The third-order valence-electron chi connectivity index (χ3n) is 1.58. The van der Waals surface area contributed by atoms with Gasteiger partial charge in [-0.05, 0) is 22.5 Å². The number of hydrogen-bond acceptors (Lipinski definition) is 3. The van der Waals surface area contributed by atoms with Crippen molar-refractivity contribution in [2.45, 2.75) is 6.42 Å². The maximum absolute atomic E-state index is 5.43. The number of nitrogens with two attached hydrogens (primary N) is 1. The topological polar surface area (TPSA) is 43.3 Å². The maximum atomic E-state index is 5.43. The van der Waals surface area contributed by atoms with Gasteiger partial charge in [0.05, 0.1) is 9.48 Å². The smallest absolute Gasteiger partial charge is 0.194 e. The van der Waals surface area contributed by atoms with E-state index in [1.807, 2.05) is 16.8 Å². The Hall–Kier alpha value is -0.390. The fraction of sp³-hybridized carbons (Fsp3) is 0.286. The SMILES string of the molecule is NCCc1cn2cc(Br)sc2n1. The summed E-state index contributed by atoms with van der Waals surface area (Å²) in [7, 11) is 0. The summed E-state index contributed by atoms with van der Waals surface area (Å²) >= 11 is 5.03. The summed E-state index contributed by atoms with van der Waals surface area (Å²) in [6.45, 7) is 0.659. The molecule has 0 saturated heterocycles. The summed E-state index contributed by atoms with van der Waals surface area (Å²) in [5.41, 5.74) is 6.49. The molecule has 3 nitrogen and oxygen atoms in total. The van der Waals surface area contributed by atoms with E-state index >= 15 is 0 Å². The van der Waals surface area contributed by atoms with Crippen molar-refractivity contribution in [3.8, 4) is 0 Å². The number of halogens is 1. The van der Waals surface area contributed by atoms with Crippen LogP contribution < -0.4 is 5.73 Å². The molecule has 2 aromatic heterocycles. The minimum Gasteiger partial charge on any atom is -0.330 e. The summed E-state index contributed by atoms with van der Waals surface area (Å²) in [6.07, 6.45) is 4.88. The van der Waals surface area contributed by atoms with E-state index in [-0.39, 0.29) is 0 Å². The van der Waals surface area contributed by atoms with Crippen LogP contribution in [0.3, 0.4) is 0 Å². The molecule has 0 amide bonds. The number of nitrogens with zero attached hydrogens (tertiary/aromatic N) is 2. The molecular weight excluding hydrogens is 238 g/mol. The van der Waals surface area contributed by atoms with Crippen molar-refractivity contribution in [2.24, 2.45) is 5.73 Å². The Labute approximate surface area is 82.3 Å². The van der Waals surface area contributed by atoms with E-state index in [2.05, 4.69) is 20.9 Å². The quantitative estimate of drug-likeness (QED) is 0.875. The molecule has 0 aromatic carbocycles. The molecule has 64 valence electrons. The Morgan fingerprint density at radius 1 is 1.58 bits per heavy atom. The summed E-state index contributed by atoms with van der Waals surface area (Å²) in [5.74, 6) is 0. The van der Waals surface area contributed by atoms with Crippen LogP contribution in [0.25, 0.3) is 4.96 Å². The highest BCUT2D eigenvalue weighted by atomic mass is 79.9. The van der Waals surface area contributed by atoms with Crippen LogP contribution in [0, 0.1) is 0 Å². The second-order valence-corrected chi connectivity index (χ2v) is 4.88. The Morgan fingerprint density at radius 2 is 2.42 bits per heavy atom. The van der Waals surface area contributed by atoms with Crippen LogP contribution >= 0.6 is 27.3 Å². The molecule has 2 heterocycles. The highest BCUT2D eigenvalue weighted by Crippen LogP contribution is 2.22. The van der Waals surface area contributed by atoms with Gasteiger partial charge in [0, 0.05) is 18.8 Å². The normalized spacial score (nSPS) is 11.2. The average molecular weight is 246 g/mol. The van der Waals surface area contributed by atoms with Crippen molar-refractivity contribution >= 4 is 32.2 Å². The molecule has 5 heteroatoms. The van der Waals surface area contributed by atoms with Gasteiger partial charge in [0.1, 0.15) is 0 Å². The van der Waals surface area contributed by atoms with Crippen LogP contribution in [-0.4, -0.2) is 15.9 Å². The van der Waals surface area contributed by atoms with Crippen LogP contribution in [0.2, 0.25) is 0 Å². The monoisotopic (exact) mass is 245 g/mol. The molecule has 0 saturated carbocycles. The lowest BCUT2D eigenvalue weighted by Crippen LogP contribution is -2.02. The number of hydrogen-bond donors (Lipinski definition) is 1. The van der Waals surface area contributed by atoms with Crippen LogP contribution in [0.1, 0.15) is 5.69 Å². The highest BCUT2D eigenvalue weighted by Gasteiger charge is 2.03. The molecule has 2 rings (SSSR count). The average Bonchev–Trinajstić information content (AvgIpc) is 2.44. The predicted molar refractivity (Wildman–Crippen MR) is 53.5 cm³/mol. The number of thiazole rings is 1. The molecule has 0 unspecified atom stereocenters. The van der Waals surface area contributed by atoms with Gasteiger partial charge in [0.2, 0.25) is 0 Å². The van der Waals surface area contributed by atoms with Gasteiger partial charge in [-0.1, -0.05) is 11.3 Å². The van der Waals surface area contributed by atoms with Gasteiger partial charge in [-0.25, -0.2) is 4.98 Å². The van der Waals surface area contributed by atoms with E-state index in [0.717, 1.165) is 20.9 Å². The molecular formula is C7H8BrN3S. The summed E-state index contributed by atoms with van der Waals surface area (Å²) < 4.78 is 3.11. The second kappa shape index (κ2) is 3.16. The fourth-order valence-electron chi connectivity index (χ4n) is 1.08. The molecule has 0 bridgehead atoms. The summed E-state index contributed by atoms with van der Waals surface area (Å²) in [6, 6.07) is 0. The minimum absolute atomic E-state index is 0.659. The first-order valence-electron chi connectivity index (χ1n) is 3.62. The van der Waals surface area contributed by atoms with Gasteiger partial charge >= 0.3 is 0 Å². The third-order valence-corrected chi connectivity index (χ3v) is 3.05. The Balaban J connectivity index is 2.43. The maximum Gasteiger partial charge on any atom is 0.194 e. The summed E-state index contributed by atoms with van der Waals surface area (Å²) in [4.78, 5) is 5.41. The number of rotatable bonds is 2. The van der Waals surface area contributed by atoms with Gasteiger partial charge in [0.25, 0.3) is 0 Å². The fourth-order valence-corrected chi connectivity index (χ4v) is 2.45. The molecule has 0 spiro atoms. The molecule has 0 fully saturated rings. The lowest BCUT2D eigenvalue weighted by Gasteiger charge is -1.86. The van der Waals surface area contributed by atoms with Crippen LogP contribution in [0.15, 0.2) is 16.2 Å². The van der Waals surface area contributed by atoms with E-state index in [1.165, 1.54) is 0 Å². The highest BCUT2D eigenvalue weighted by molar-refractivity contribution is 9.11. The zero-order valence-corrected chi connectivity index (χ0v) is 8.73. The van der Waals surface area contributed by atoms with Crippen LogP contribution in [0.4, 0.5) is 0 Å². The largest absolute Gasteiger partial charge is 0.330 e. The van der Waals surface area contributed by atoms with E-state index in [9.17, 15) is 0 Å². The molecule has 2 N–H and O–H groups in total. The van der Waals surface area contributed by atoms with Crippen molar-refractivity contribution in [1.29, 1.82) is 0 Å². The molecule has 0 aliphatic rings. The summed E-state index contributed by atoms with van der Waals surface area (Å²) in [5, 5.41) is 0. The number of fused-ring (bicyclic) bond motifs is 1. The first kappa shape index (κ1) is 8.22. The van der Waals surface area contributed by atoms with Crippen molar-refractivity contribution in [3.63, 3.8) is 0 Å². The van der Waals surface area contributed by atoms with E-state index in [4.69, 9.17) is 5.73 Å². The van der Waals surface area contributed by atoms with Crippen molar-refractivity contribution in [3.05, 3.63) is 21.9 Å². The van der Waals surface area contributed by atoms with Crippen LogP contribution in [-0.2, 0) is 6.42 Å². The number of imidazole rings is 1. The van der Waals surface area contributed by atoms with Crippen molar-refractivity contribution in [2.75, 3.05) is 6.54 Å². The minimum atomic E-state index is 0.659. The first-order chi connectivity index (χ1) is 5.79. The van der Waals surface area contributed by atoms with Crippen molar-refractivity contribution in [1.82, 2.24) is 9.38 Å². The number of aromatic nitrogens is 2. The zero-order chi connectivity index (χ0) is 8.55. The molecule has 0 radical (unpaired) electrons. The molecule has 0 aliphatic carbocycles. The first-order valence-corrected chi connectivity index (χ1v) is 5.23. The Bertz CT molecular complexity index is 361. The lowest BCUT2D eigenvalue weighted by molar-refractivity contribution is 0.937. The Morgan fingerprint density at radius 3 is 3.08 bits per heavy atom. The molecule has 0 atom stereocenters. The molecule has 2 aromatic rings. The standard InChI is InChI=1S/C7H8BrN3S/c8-6-4-11-3-5(1-2-9)10-7(11)12-6/h3-4H,1-2,9H2. The zero-order valence-electron chi connectivity index (χ0n) is 6.33.